The number of nitrogens with one attached hydrogen (secondary N) is 2. The molecular formula is C19H25N5O3. The number of rotatable bonds is 4. The van der Waals surface area contributed by atoms with Gasteiger partial charge in [0.05, 0.1) is 17.6 Å². The number of amides is 2. The number of para-hydroxylation sites is 2. The number of hydrogen-bond donors (Lipinski definition) is 2. The molecule has 2 saturated heterocycles. The van der Waals surface area contributed by atoms with Crippen molar-refractivity contribution in [1.82, 2.24) is 19.8 Å². The third kappa shape index (κ3) is 4.28. The zero-order valence-corrected chi connectivity index (χ0v) is 15.3. The molecule has 2 aliphatic rings. The van der Waals surface area contributed by atoms with Crippen molar-refractivity contribution >= 4 is 28.8 Å². The van der Waals surface area contributed by atoms with Crippen LogP contribution >= 0.6 is 0 Å². The lowest BCUT2D eigenvalue weighted by Crippen LogP contribution is -2.42. The number of carbonyl (C=O) groups is 2. The highest BCUT2D eigenvalue weighted by Gasteiger charge is 2.29. The van der Waals surface area contributed by atoms with Crippen LogP contribution in [0.1, 0.15) is 19.3 Å². The fraction of sp³-hybridized carbons (Fsp3) is 0.526. The van der Waals surface area contributed by atoms with Gasteiger partial charge in [0.2, 0.25) is 11.9 Å². The summed E-state index contributed by atoms with van der Waals surface area (Å²) in [7, 11) is 0. The predicted molar refractivity (Wildman–Crippen MR) is 101 cm³/mol. The molecule has 0 unspecified atom stereocenters. The monoisotopic (exact) mass is 371 g/mol. The SMILES string of the molecule is O=C(CN1CCCN(C(=O)[C@@H]2CCCO2)CC1)Nc1nc2ccccc2[nH]1. The van der Waals surface area contributed by atoms with Crippen LogP contribution in [0, 0.1) is 0 Å². The van der Waals surface area contributed by atoms with Crippen molar-refractivity contribution in [2.75, 3.05) is 44.6 Å². The zero-order chi connectivity index (χ0) is 18.6. The maximum Gasteiger partial charge on any atom is 0.251 e. The van der Waals surface area contributed by atoms with Gasteiger partial charge in [-0.25, -0.2) is 4.98 Å². The van der Waals surface area contributed by atoms with E-state index < -0.39 is 0 Å². The number of hydrogen-bond acceptors (Lipinski definition) is 5. The number of benzene rings is 1. The summed E-state index contributed by atoms with van der Waals surface area (Å²) >= 11 is 0. The van der Waals surface area contributed by atoms with Crippen molar-refractivity contribution in [2.24, 2.45) is 0 Å². The Morgan fingerprint density at radius 1 is 1.19 bits per heavy atom. The van der Waals surface area contributed by atoms with Crippen LogP contribution in [0.3, 0.4) is 0 Å². The minimum atomic E-state index is -0.270. The molecule has 0 saturated carbocycles. The van der Waals surface area contributed by atoms with E-state index in [0.29, 0.717) is 32.2 Å². The molecule has 3 heterocycles. The smallest absolute Gasteiger partial charge is 0.251 e. The molecular weight excluding hydrogens is 346 g/mol. The van der Waals surface area contributed by atoms with Gasteiger partial charge in [-0.15, -0.1) is 0 Å². The Morgan fingerprint density at radius 2 is 2.07 bits per heavy atom. The number of nitrogens with zero attached hydrogens (tertiary/aromatic N) is 3. The Bertz CT molecular complexity index is 782. The Labute approximate surface area is 157 Å². The number of aromatic nitrogens is 2. The number of anilines is 1. The number of H-pyrrole nitrogens is 1. The Hall–Kier alpha value is -2.45. The van der Waals surface area contributed by atoms with Gasteiger partial charge in [-0.2, -0.15) is 0 Å². The molecule has 2 fully saturated rings. The van der Waals surface area contributed by atoms with Crippen molar-refractivity contribution in [3.63, 3.8) is 0 Å². The molecule has 0 radical (unpaired) electrons. The van der Waals surface area contributed by atoms with Crippen molar-refractivity contribution in [3.05, 3.63) is 24.3 Å². The van der Waals surface area contributed by atoms with Gasteiger partial charge in [0.15, 0.2) is 0 Å². The molecule has 2 N–H and O–H groups in total. The van der Waals surface area contributed by atoms with Gasteiger partial charge in [0.25, 0.3) is 5.91 Å². The van der Waals surface area contributed by atoms with Crippen LogP contribution in [-0.2, 0) is 14.3 Å². The number of carbonyl (C=O) groups excluding carboxylic acids is 2. The Kier molecular flexibility index (Phi) is 5.35. The molecule has 8 nitrogen and oxygen atoms in total. The summed E-state index contributed by atoms with van der Waals surface area (Å²) in [5.41, 5.74) is 1.72. The van der Waals surface area contributed by atoms with Crippen LogP contribution in [0.15, 0.2) is 24.3 Å². The fourth-order valence-corrected chi connectivity index (χ4v) is 3.71. The average Bonchev–Trinajstić information content (AvgIpc) is 3.27. The first-order valence-corrected chi connectivity index (χ1v) is 9.56. The maximum atomic E-state index is 12.5. The van der Waals surface area contributed by atoms with E-state index in [2.05, 4.69) is 20.2 Å². The topological polar surface area (TPSA) is 90.6 Å². The van der Waals surface area contributed by atoms with E-state index in [1.165, 1.54) is 0 Å². The maximum absolute atomic E-state index is 12.5. The summed E-state index contributed by atoms with van der Waals surface area (Å²) in [6.07, 6.45) is 2.36. The van der Waals surface area contributed by atoms with E-state index >= 15 is 0 Å². The molecule has 1 atom stereocenters. The van der Waals surface area contributed by atoms with Gasteiger partial charge in [-0.05, 0) is 31.4 Å². The van der Waals surface area contributed by atoms with Crippen molar-refractivity contribution in [2.45, 2.75) is 25.4 Å². The summed E-state index contributed by atoms with van der Waals surface area (Å²) in [4.78, 5) is 36.3. The second kappa shape index (κ2) is 8.06. The van der Waals surface area contributed by atoms with Crippen LogP contribution in [-0.4, -0.2) is 77.0 Å². The molecule has 144 valence electrons. The largest absolute Gasteiger partial charge is 0.368 e. The van der Waals surface area contributed by atoms with Crippen LogP contribution < -0.4 is 5.32 Å². The van der Waals surface area contributed by atoms with E-state index in [-0.39, 0.29) is 17.9 Å². The highest BCUT2D eigenvalue weighted by molar-refractivity contribution is 5.92. The quantitative estimate of drug-likeness (QED) is 0.843. The average molecular weight is 371 g/mol. The Balaban J connectivity index is 1.29. The molecule has 2 aliphatic heterocycles. The molecule has 0 spiro atoms. The number of aromatic amines is 1. The third-order valence-corrected chi connectivity index (χ3v) is 5.12. The minimum Gasteiger partial charge on any atom is -0.368 e. The molecule has 1 aromatic heterocycles. The first kappa shape index (κ1) is 17.9. The van der Waals surface area contributed by atoms with Crippen LogP contribution in [0.2, 0.25) is 0 Å². The van der Waals surface area contributed by atoms with E-state index in [9.17, 15) is 9.59 Å². The van der Waals surface area contributed by atoms with Gasteiger partial charge >= 0.3 is 0 Å². The summed E-state index contributed by atoms with van der Waals surface area (Å²) in [5, 5.41) is 2.83. The molecule has 8 heteroatoms. The lowest BCUT2D eigenvalue weighted by Gasteiger charge is -2.24. The lowest BCUT2D eigenvalue weighted by molar-refractivity contribution is -0.140. The van der Waals surface area contributed by atoms with Crippen molar-refractivity contribution in [1.29, 1.82) is 0 Å². The lowest BCUT2D eigenvalue weighted by atomic mass is 10.2. The number of ether oxygens (including phenoxy) is 1. The van der Waals surface area contributed by atoms with Crippen molar-refractivity contribution < 1.29 is 14.3 Å². The molecule has 1 aromatic carbocycles. The van der Waals surface area contributed by atoms with E-state index in [0.717, 1.165) is 43.4 Å². The second-order valence-electron chi connectivity index (χ2n) is 7.11. The third-order valence-electron chi connectivity index (χ3n) is 5.12. The van der Waals surface area contributed by atoms with Gasteiger partial charge in [-0.3, -0.25) is 19.8 Å². The summed E-state index contributed by atoms with van der Waals surface area (Å²) in [5.74, 6) is 0.459. The van der Waals surface area contributed by atoms with Crippen LogP contribution in [0.25, 0.3) is 11.0 Å². The molecule has 0 bridgehead atoms. The highest BCUT2D eigenvalue weighted by atomic mass is 16.5. The first-order valence-electron chi connectivity index (χ1n) is 9.56. The van der Waals surface area contributed by atoms with Crippen LogP contribution in [0.4, 0.5) is 5.95 Å². The Morgan fingerprint density at radius 3 is 2.89 bits per heavy atom. The molecule has 27 heavy (non-hydrogen) atoms. The van der Waals surface area contributed by atoms with Gasteiger partial charge < -0.3 is 14.6 Å². The van der Waals surface area contributed by atoms with Gasteiger partial charge in [-0.1, -0.05) is 12.1 Å². The van der Waals surface area contributed by atoms with E-state index in [4.69, 9.17) is 4.74 Å². The summed E-state index contributed by atoms with van der Waals surface area (Å²) in [6, 6.07) is 7.66. The van der Waals surface area contributed by atoms with E-state index in [1.807, 2.05) is 29.2 Å². The standard InChI is InChI=1S/C19H25N5O3/c25-17(22-19-20-14-5-1-2-6-15(14)21-19)13-23-8-4-9-24(11-10-23)18(26)16-7-3-12-27-16/h1-2,5-6,16H,3-4,7-13H2,(H2,20,21,22,25)/t16-/m0/s1. The number of fused-ring (bicyclic) bond motifs is 1. The second-order valence-corrected chi connectivity index (χ2v) is 7.11. The highest BCUT2D eigenvalue weighted by Crippen LogP contribution is 2.16. The molecule has 2 amide bonds. The van der Waals surface area contributed by atoms with Gasteiger partial charge in [0, 0.05) is 32.8 Å². The summed E-state index contributed by atoms with van der Waals surface area (Å²) < 4.78 is 5.51. The van der Waals surface area contributed by atoms with Gasteiger partial charge in [0.1, 0.15) is 6.10 Å². The zero-order valence-electron chi connectivity index (χ0n) is 15.3. The number of imidazole rings is 1. The predicted octanol–water partition coefficient (Wildman–Crippen LogP) is 1.21. The van der Waals surface area contributed by atoms with Crippen molar-refractivity contribution in [3.8, 4) is 0 Å². The molecule has 0 aliphatic carbocycles. The fourth-order valence-electron chi connectivity index (χ4n) is 3.71. The molecule has 2 aromatic rings. The summed E-state index contributed by atoms with van der Waals surface area (Å²) in [6.45, 7) is 3.81. The minimum absolute atomic E-state index is 0.0982. The van der Waals surface area contributed by atoms with Crippen LogP contribution in [0.5, 0.6) is 0 Å². The normalized spacial score (nSPS) is 21.3. The molecule has 4 rings (SSSR count). The first-order chi connectivity index (χ1) is 13.2. The van der Waals surface area contributed by atoms with E-state index in [1.54, 1.807) is 0 Å².